The van der Waals surface area contributed by atoms with E-state index in [4.69, 9.17) is 4.99 Å². The summed E-state index contributed by atoms with van der Waals surface area (Å²) in [5, 5.41) is 15.7. The number of hydrogen-bond acceptors (Lipinski definition) is 4. The van der Waals surface area contributed by atoms with E-state index in [0.29, 0.717) is 6.42 Å². The molecule has 0 aromatic heterocycles. The van der Waals surface area contributed by atoms with Crippen LogP contribution in [-0.2, 0) is 11.2 Å². The Morgan fingerprint density at radius 1 is 1.15 bits per heavy atom. The lowest BCUT2D eigenvalue weighted by Gasteiger charge is -2.26. The summed E-state index contributed by atoms with van der Waals surface area (Å²) in [5.74, 6) is 0.0932. The van der Waals surface area contributed by atoms with Gasteiger partial charge in [-0.1, -0.05) is 44.2 Å². The summed E-state index contributed by atoms with van der Waals surface area (Å²) in [5.41, 5.74) is 3.64. The molecule has 1 aliphatic heterocycles. The molecule has 0 radical (unpaired) electrons. The largest absolute Gasteiger partial charge is 0.508 e. The van der Waals surface area contributed by atoms with E-state index in [1.165, 1.54) is 0 Å². The fourth-order valence-corrected chi connectivity index (χ4v) is 2.67. The van der Waals surface area contributed by atoms with E-state index in [9.17, 15) is 9.90 Å². The SMILES string of the molecule is CC(C)C(=O)NC1NC=C(c2ccc(O)cc2)N=C1Cc1ccccc1. The van der Waals surface area contributed by atoms with Gasteiger partial charge in [0.15, 0.2) is 0 Å². The molecule has 5 nitrogen and oxygen atoms in total. The Balaban J connectivity index is 1.87. The van der Waals surface area contributed by atoms with Crippen LogP contribution in [0, 0.1) is 5.92 Å². The van der Waals surface area contributed by atoms with Crippen molar-refractivity contribution in [1.82, 2.24) is 10.6 Å². The first-order valence-electron chi connectivity index (χ1n) is 8.70. The minimum atomic E-state index is -0.342. The van der Waals surface area contributed by atoms with Crippen LogP contribution in [0.15, 0.2) is 65.8 Å². The Morgan fingerprint density at radius 2 is 1.85 bits per heavy atom. The molecule has 0 saturated heterocycles. The van der Waals surface area contributed by atoms with Gasteiger partial charge in [-0.3, -0.25) is 9.79 Å². The van der Waals surface area contributed by atoms with Gasteiger partial charge in [0.25, 0.3) is 0 Å². The number of amides is 1. The molecule has 2 aromatic rings. The Hall–Kier alpha value is -3.08. The zero-order chi connectivity index (χ0) is 18.5. The molecule has 5 heteroatoms. The van der Waals surface area contributed by atoms with Gasteiger partial charge in [-0.15, -0.1) is 0 Å². The number of carbonyl (C=O) groups is 1. The quantitative estimate of drug-likeness (QED) is 0.777. The maximum atomic E-state index is 12.1. The van der Waals surface area contributed by atoms with Crippen molar-refractivity contribution in [3.05, 3.63) is 71.9 Å². The number of nitrogens with zero attached hydrogens (tertiary/aromatic N) is 1. The number of carbonyl (C=O) groups excluding carboxylic acids is 1. The Bertz CT molecular complexity index is 824. The summed E-state index contributed by atoms with van der Waals surface area (Å²) in [6.07, 6.45) is 2.09. The lowest BCUT2D eigenvalue weighted by Crippen LogP contribution is -2.52. The third kappa shape index (κ3) is 4.30. The van der Waals surface area contributed by atoms with Gasteiger partial charge in [-0.05, 0) is 29.8 Å². The highest BCUT2D eigenvalue weighted by molar-refractivity contribution is 5.99. The van der Waals surface area contributed by atoms with Gasteiger partial charge in [0, 0.05) is 24.1 Å². The van der Waals surface area contributed by atoms with Crippen LogP contribution in [0.4, 0.5) is 0 Å². The van der Waals surface area contributed by atoms with Gasteiger partial charge in [-0.2, -0.15) is 0 Å². The highest BCUT2D eigenvalue weighted by atomic mass is 16.3. The van der Waals surface area contributed by atoms with E-state index >= 15 is 0 Å². The molecule has 0 spiro atoms. The summed E-state index contributed by atoms with van der Waals surface area (Å²) in [6.45, 7) is 3.73. The van der Waals surface area contributed by atoms with Crippen LogP contribution in [0.3, 0.4) is 0 Å². The first kappa shape index (κ1) is 17.7. The first-order valence-corrected chi connectivity index (χ1v) is 8.70. The minimum Gasteiger partial charge on any atom is -0.508 e. The third-order valence-corrected chi connectivity index (χ3v) is 4.19. The van der Waals surface area contributed by atoms with E-state index < -0.39 is 0 Å². The summed E-state index contributed by atoms with van der Waals surface area (Å²) in [6, 6.07) is 17.0. The number of hydrogen-bond donors (Lipinski definition) is 3. The van der Waals surface area contributed by atoms with Crippen LogP contribution in [-0.4, -0.2) is 22.9 Å². The minimum absolute atomic E-state index is 0.0234. The number of rotatable bonds is 5. The maximum absolute atomic E-state index is 12.1. The summed E-state index contributed by atoms with van der Waals surface area (Å²) >= 11 is 0. The van der Waals surface area contributed by atoms with Crippen LogP contribution in [0.5, 0.6) is 5.75 Å². The second-order valence-corrected chi connectivity index (χ2v) is 6.60. The fourth-order valence-electron chi connectivity index (χ4n) is 2.67. The highest BCUT2D eigenvalue weighted by Crippen LogP contribution is 2.22. The van der Waals surface area contributed by atoms with Crippen molar-refractivity contribution in [2.45, 2.75) is 26.4 Å². The van der Waals surface area contributed by atoms with E-state index in [2.05, 4.69) is 10.6 Å². The number of aliphatic imine (C=N–C) groups is 1. The molecule has 134 valence electrons. The predicted molar refractivity (Wildman–Crippen MR) is 104 cm³/mol. The van der Waals surface area contributed by atoms with Gasteiger partial charge in [0.05, 0.1) is 11.4 Å². The van der Waals surface area contributed by atoms with E-state index in [-0.39, 0.29) is 23.7 Å². The fraction of sp³-hybridized carbons (Fsp3) is 0.238. The molecule has 2 aromatic carbocycles. The van der Waals surface area contributed by atoms with Crippen LogP contribution < -0.4 is 10.6 Å². The summed E-state index contributed by atoms with van der Waals surface area (Å²) < 4.78 is 0. The number of aromatic hydroxyl groups is 1. The predicted octanol–water partition coefficient (Wildman–Crippen LogP) is 3.08. The van der Waals surface area contributed by atoms with Gasteiger partial charge in [0.1, 0.15) is 11.9 Å². The second-order valence-electron chi connectivity index (χ2n) is 6.60. The molecule has 1 amide bonds. The molecule has 26 heavy (non-hydrogen) atoms. The monoisotopic (exact) mass is 349 g/mol. The molecule has 1 heterocycles. The van der Waals surface area contributed by atoms with Crippen LogP contribution in [0.2, 0.25) is 0 Å². The standard InChI is InChI=1S/C21H23N3O2/c1-14(2)21(26)24-20-18(12-15-6-4-3-5-7-15)23-19(13-22-20)16-8-10-17(25)11-9-16/h3-11,13-14,20,22,25H,12H2,1-2H3,(H,24,26). The molecule has 1 aliphatic rings. The molecular formula is C21H23N3O2. The molecule has 3 N–H and O–H groups in total. The zero-order valence-corrected chi connectivity index (χ0v) is 14.9. The molecule has 3 rings (SSSR count). The molecule has 0 saturated carbocycles. The Kier molecular flexibility index (Phi) is 5.37. The van der Waals surface area contributed by atoms with Crippen molar-refractivity contribution < 1.29 is 9.90 Å². The average molecular weight is 349 g/mol. The number of benzene rings is 2. The molecule has 0 bridgehead atoms. The highest BCUT2D eigenvalue weighted by Gasteiger charge is 2.23. The molecule has 1 unspecified atom stereocenters. The summed E-state index contributed by atoms with van der Waals surface area (Å²) in [7, 11) is 0. The van der Waals surface area contributed by atoms with Crippen molar-refractivity contribution in [3.63, 3.8) is 0 Å². The number of phenolic OH excluding ortho intramolecular Hbond substituents is 1. The van der Waals surface area contributed by atoms with Crippen LogP contribution in [0.1, 0.15) is 25.0 Å². The van der Waals surface area contributed by atoms with Gasteiger partial charge in [-0.25, -0.2) is 0 Å². The maximum Gasteiger partial charge on any atom is 0.224 e. The summed E-state index contributed by atoms with van der Waals surface area (Å²) in [4.78, 5) is 16.9. The smallest absolute Gasteiger partial charge is 0.224 e. The van der Waals surface area contributed by atoms with Gasteiger partial charge >= 0.3 is 0 Å². The van der Waals surface area contributed by atoms with Crippen molar-refractivity contribution in [1.29, 1.82) is 0 Å². The van der Waals surface area contributed by atoms with E-state index in [1.807, 2.05) is 56.3 Å². The second kappa shape index (κ2) is 7.87. The molecule has 0 fully saturated rings. The van der Waals surface area contributed by atoms with Crippen LogP contribution in [0.25, 0.3) is 5.70 Å². The Morgan fingerprint density at radius 3 is 2.50 bits per heavy atom. The lowest BCUT2D eigenvalue weighted by atomic mass is 10.0. The van der Waals surface area contributed by atoms with Gasteiger partial charge < -0.3 is 15.7 Å². The number of phenols is 1. The van der Waals surface area contributed by atoms with Crippen LogP contribution >= 0.6 is 0 Å². The molecule has 1 atom stereocenters. The van der Waals surface area contributed by atoms with Crippen molar-refractivity contribution in [3.8, 4) is 5.75 Å². The average Bonchev–Trinajstić information content (AvgIpc) is 2.64. The lowest BCUT2D eigenvalue weighted by molar-refractivity contribution is -0.124. The first-order chi connectivity index (χ1) is 12.5. The van der Waals surface area contributed by atoms with E-state index in [0.717, 1.165) is 22.5 Å². The van der Waals surface area contributed by atoms with Gasteiger partial charge in [0.2, 0.25) is 5.91 Å². The Labute approximate surface area is 153 Å². The number of nitrogens with one attached hydrogen (secondary N) is 2. The van der Waals surface area contributed by atoms with E-state index in [1.54, 1.807) is 18.3 Å². The zero-order valence-electron chi connectivity index (χ0n) is 14.9. The normalized spacial score (nSPS) is 16.5. The van der Waals surface area contributed by atoms with Crippen molar-refractivity contribution >= 4 is 17.3 Å². The third-order valence-electron chi connectivity index (χ3n) is 4.19. The van der Waals surface area contributed by atoms with Crippen molar-refractivity contribution in [2.75, 3.05) is 0 Å². The molecular weight excluding hydrogens is 326 g/mol. The topological polar surface area (TPSA) is 73.7 Å². The van der Waals surface area contributed by atoms with Crippen molar-refractivity contribution in [2.24, 2.45) is 10.9 Å². The molecule has 0 aliphatic carbocycles.